The number of hydrogen-bond acceptors (Lipinski definition) is 6. The minimum absolute atomic E-state index is 0.00509. The Kier molecular flexibility index (Phi) is 5.96. The molecule has 1 aliphatic rings. The molecule has 0 radical (unpaired) electrons. The highest BCUT2D eigenvalue weighted by molar-refractivity contribution is 7.89. The van der Waals surface area contributed by atoms with Crippen molar-refractivity contribution in [2.45, 2.75) is 31.0 Å². The molecule has 29 heavy (non-hydrogen) atoms. The van der Waals surface area contributed by atoms with Crippen molar-refractivity contribution in [1.82, 2.24) is 4.31 Å². The number of anilines is 1. The fourth-order valence-corrected chi connectivity index (χ4v) is 4.81. The van der Waals surface area contributed by atoms with E-state index in [1.165, 1.54) is 52.8 Å². The standard InChI is InChI=1S/C19H21N3O6S/c1-13-11-21(12-14(2)28-13)29(26,27)18-8-3-5-15(9-18)19(23)20-16-6-4-7-17(10-16)22(24)25/h3-10,13-14H,11-12H2,1-2H3,(H,20,23). The van der Waals surface area contributed by atoms with Crippen molar-refractivity contribution in [1.29, 1.82) is 0 Å². The van der Waals surface area contributed by atoms with E-state index in [0.717, 1.165) is 0 Å². The molecule has 3 rings (SSSR count). The number of ether oxygens (including phenoxy) is 1. The van der Waals surface area contributed by atoms with E-state index in [9.17, 15) is 23.3 Å². The van der Waals surface area contributed by atoms with E-state index in [-0.39, 0.29) is 47.1 Å². The highest BCUT2D eigenvalue weighted by Gasteiger charge is 2.32. The monoisotopic (exact) mass is 419 g/mol. The number of nitro benzene ring substituents is 1. The Hall–Kier alpha value is -2.82. The molecule has 2 aromatic rings. The van der Waals surface area contributed by atoms with Crippen LogP contribution in [0.4, 0.5) is 11.4 Å². The third-order valence-corrected chi connectivity index (χ3v) is 6.26. The average molecular weight is 419 g/mol. The van der Waals surface area contributed by atoms with Crippen molar-refractivity contribution in [3.63, 3.8) is 0 Å². The first-order valence-corrected chi connectivity index (χ1v) is 10.4. The lowest BCUT2D eigenvalue weighted by Gasteiger charge is -2.34. The third kappa shape index (κ3) is 4.78. The molecule has 0 aromatic heterocycles. The summed E-state index contributed by atoms with van der Waals surface area (Å²) in [5.74, 6) is -0.564. The third-order valence-electron chi connectivity index (χ3n) is 4.43. The Balaban J connectivity index is 1.82. The number of nitro groups is 1. The van der Waals surface area contributed by atoms with Crippen LogP contribution in [0, 0.1) is 10.1 Å². The van der Waals surface area contributed by atoms with E-state index in [0.29, 0.717) is 0 Å². The number of carbonyl (C=O) groups is 1. The van der Waals surface area contributed by atoms with Gasteiger partial charge in [-0.15, -0.1) is 0 Å². The van der Waals surface area contributed by atoms with E-state index < -0.39 is 20.9 Å². The van der Waals surface area contributed by atoms with Gasteiger partial charge in [-0.25, -0.2) is 8.42 Å². The predicted molar refractivity (Wildman–Crippen MR) is 106 cm³/mol. The van der Waals surface area contributed by atoms with Crippen LogP contribution >= 0.6 is 0 Å². The van der Waals surface area contributed by atoms with Crippen molar-refractivity contribution in [2.75, 3.05) is 18.4 Å². The van der Waals surface area contributed by atoms with Gasteiger partial charge in [-0.2, -0.15) is 4.31 Å². The number of sulfonamides is 1. The Labute approximate surface area is 168 Å². The number of nitrogens with zero attached hydrogens (tertiary/aromatic N) is 2. The molecule has 1 heterocycles. The van der Waals surface area contributed by atoms with Gasteiger partial charge in [0.25, 0.3) is 11.6 Å². The molecule has 1 fully saturated rings. The first-order chi connectivity index (χ1) is 13.7. The lowest BCUT2D eigenvalue weighted by molar-refractivity contribution is -0.384. The number of amides is 1. The number of hydrogen-bond donors (Lipinski definition) is 1. The van der Waals surface area contributed by atoms with Crippen LogP contribution < -0.4 is 5.32 Å². The summed E-state index contributed by atoms with van der Waals surface area (Å²) >= 11 is 0. The second-order valence-electron chi connectivity index (χ2n) is 6.87. The van der Waals surface area contributed by atoms with Gasteiger partial charge in [0.1, 0.15) is 0 Å². The van der Waals surface area contributed by atoms with Gasteiger partial charge in [0.05, 0.1) is 22.0 Å². The molecular weight excluding hydrogens is 398 g/mol. The van der Waals surface area contributed by atoms with Crippen molar-refractivity contribution in [2.24, 2.45) is 0 Å². The summed E-state index contributed by atoms with van der Waals surface area (Å²) in [6.45, 7) is 4.08. The quantitative estimate of drug-likeness (QED) is 0.588. The summed E-state index contributed by atoms with van der Waals surface area (Å²) in [6.07, 6.45) is -0.456. The summed E-state index contributed by atoms with van der Waals surface area (Å²) in [5, 5.41) is 13.4. The topological polar surface area (TPSA) is 119 Å². The van der Waals surface area contributed by atoms with E-state index in [4.69, 9.17) is 4.74 Å². The maximum absolute atomic E-state index is 13.0. The van der Waals surface area contributed by atoms with Gasteiger partial charge in [0.2, 0.25) is 10.0 Å². The lowest BCUT2D eigenvalue weighted by Crippen LogP contribution is -2.48. The minimum atomic E-state index is -3.79. The van der Waals surface area contributed by atoms with Gasteiger partial charge in [-0.1, -0.05) is 12.1 Å². The van der Waals surface area contributed by atoms with Crippen molar-refractivity contribution in [3.05, 3.63) is 64.2 Å². The van der Waals surface area contributed by atoms with Crippen LogP contribution in [0.25, 0.3) is 0 Å². The van der Waals surface area contributed by atoms with Gasteiger partial charge in [0, 0.05) is 36.5 Å². The second-order valence-corrected chi connectivity index (χ2v) is 8.81. The molecule has 1 N–H and O–H groups in total. The summed E-state index contributed by atoms with van der Waals surface area (Å²) in [6, 6.07) is 11.2. The smallest absolute Gasteiger partial charge is 0.271 e. The summed E-state index contributed by atoms with van der Waals surface area (Å²) in [4.78, 5) is 22.9. The predicted octanol–water partition coefficient (Wildman–Crippen LogP) is 2.65. The van der Waals surface area contributed by atoms with Gasteiger partial charge in [-0.05, 0) is 38.1 Å². The molecular formula is C19H21N3O6S. The molecule has 10 heteroatoms. The lowest BCUT2D eigenvalue weighted by atomic mass is 10.2. The summed E-state index contributed by atoms with van der Waals surface area (Å²) < 4.78 is 32.9. The number of rotatable bonds is 5. The molecule has 2 aromatic carbocycles. The van der Waals surface area contributed by atoms with Crippen molar-refractivity contribution >= 4 is 27.3 Å². The second kappa shape index (κ2) is 8.27. The van der Waals surface area contributed by atoms with E-state index in [2.05, 4.69) is 5.32 Å². The van der Waals surface area contributed by atoms with Crippen LogP contribution in [0.3, 0.4) is 0 Å². The molecule has 0 saturated carbocycles. The van der Waals surface area contributed by atoms with Crippen LogP contribution in [-0.2, 0) is 14.8 Å². The number of benzene rings is 2. The van der Waals surface area contributed by atoms with E-state index >= 15 is 0 Å². The number of carbonyl (C=O) groups excluding carboxylic acids is 1. The molecule has 1 amide bonds. The van der Waals surface area contributed by atoms with Crippen LogP contribution in [-0.4, -0.2) is 48.9 Å². The van der Waals surface area contributed by atoms with Gasteiger partial charge in [-0.3, -0.25) is 14.9 Å². The van der Waals surface area contributed by atoms with Gasteiger partial charge >= 0.3 is 0 Å². The van der Waals surface area contributed by atoms with E-state index in [1.807, 2.05) is 0 Å². The van der Waals surface area contributed by atoms with Gasteiger partial charge in [0.15, 0.2) is 0 Å². The van der Waals surface area contributed by atoms with Crippen LogP contribution in [0.15, 0.2) is 53.4 Å². The van der Waals surface area contributed by atoms with Crippen molar-refractivity contribution < 1.29 is 22.9 Å². The molecule has 0 bridgehead atoms. The van der Waals surface area contributed by atoms with E-state index in [1.54, 1.807) is 13.8 Å². The minimum Gasteiger partial charge on any atom is -0.373 e. The fraction of sp³-hybridized carbons (Fsp3) is 0.316. The zero-order valence-corrected chi connectivity index (χ0v) is 16.8. The SMILES string of the molecule is CC1CN(S(=O)(=O)c2cccc(C(=O)Nc3cccc([N+](=O)[O-])c3)c2)CC(C)O1. The first-order valence-electron chi connectivity index (χ1n) is 8.98. The number of non-ortho nitro benzene ring substituents is 1. The Morgan fingerprint density at radius 1 is 1.14 bits per heavy atom. The van der Waals surface area contributed by atoms with Gasteiger partial charge < -0.3 is 10.1 Å². The zero-order valence-electron chi connectivity index (χ0n) is 15.9. The average Bonchev–Trinajstić information content (AvgIpc) is 2.67. The molecule has 1 saturated heterocycles. The number of nitrogens with one attached hydrogen (secondary N) is 1. The molecule has 2 unspecified atom stereocenters. The molecule has 2 atom stereocenters. The Bertz CT molecular complexity index is 1030. The maximum atomic E-state index is 13.0. The Morgan fingerprint density at radius 3 is 2.45 bits per heavy atom. The number of morpholine rings is 1. The molecule has 9 nitrogen and oxygen atoms in total. The molecule has 154 valence electrons. The zero-order chi connectivity index (χ0) is 21.2. The maximum Gasteiger partial charge on any atom is 0.271 e. The van der Waals surface area contributed by atoms with Crippen LogP contribution in [0.1, 0.15) is 24.2 Å². The highest BCUT2D eigenvalue weighted by atomic mass is 32.2. The molecule has 0 spiro atoms. The largest absolute Gasteiger partial charge is 0.373 e. The normalized spacial score (nSPS) is 20.2. The van der Waals surface area contributed by atoms with Crippen molar-refractivity contribution in [3.8, 4) is 0 Å². The van der Waals surface area contributed by atoms with Crippen LogP contribution in [0.2, 0.25) is 0 Å². The Morgan fingerprint density at radius 2 is 1.79 bits per heavy atom. The summed E-state index contributed by atoms with van der Waals surface area (Å²) in [5.41, 5.74) is 0.218. The van der Waals surface area contributed by atoms with Crippen LogP contribution in [0.5, 0.6) is 0 Å². The molecule has 0 aliphatic carbocycles. The summed E-state index contributed by atoms with van der Waals surface area (Å²) in [7, 11) is -3.79. The molecule has 1 aliphatic heterocycles. The highest BCUT2D eigenvalue weighted by Crippen LogP contribution is 2.23. The first kappa shape index (κ1) is 20.9. The fourth-order valence-electron chi connectivity index (χ4n) is 3.17.